The highest BCUT2D eigenvalue weighted by atomic mass is 79.9. The summed E-state index contributed by atoms with van der Waals surface area (Å²) in [6.45, 7) is 2.15. The molecule has 0 aromatic heterocycles. The molecule has 0 bridgehead atoms. The third kappa shape index (κ3) is 6.14. The molecule has 162 valence electrons. The first kappa shape index (κ1) is 24.3. The number of benzene rings is 3. The highest BCUT2D eigenvalue weighted by molar-refractivity contribution is 9.11. The topological polar surface area (TPSA) is 62.1 Å². The molecule has 3 rings (SSSR count). The summed E-state index contributed by atoms with van der Waals surface area (Å²) in [5.74, 6) is 0.0859. The lowest BCUT2D eigenvalue weighted by Gasteiger charge is -2.12. The van der Waals surface area contributed by atoms with E-state index in [1.54, 1.807) is 49.4 Å². The van der Waals surface area contributed by atoms with Crippen molar-refractivity contribution in [2.45, 2.75) is 13.5 Å². The summed E-state index contributed by atoms with van der Waals surface area (Å²) >= 11 is 19.0. The second-order valence-corrected chi connectivity index (χ2v) is 9.32. The van der Waals surface area contributed by atoms with Crippen LogP contribution >= 0.6 is 55.1 Å². The molecule has 3 aromatic rings. The summed E-state index contributed by atoms with van der Waals surface area (Å²) in [5.41, 5.74) is 2.86. The molecule has 0 spiro atoms. The highest BCUT2D eigenvalue weighted by Gasteiger charge is 2.14. The number of hydrogen-bond donors (Lipinski definition) is 1. The summed E-state index contributed by atoms with van der Waals surface area (Å²) < 4.78 is 7.27. The number of halogens is 4. The Balaban J connectivity index is 1.78. The van der Waals surface area contributed by atoms with E-state index in [1.807, 2.05) is 18.2 Å². The van der Waals surface area contributed by atoms with Gasteiger partial charge in [0.05, 0.1) is 8.95 Å². The maximum Gasteiger partial charge on any atom is 0.266 e. The van der Waals surface area contributed by atoms with Crippen LogP contribution in [0.3, 0.4) is 0 Å². The van der Waals surface area contributed by atoms with Gasteiger partial charge in [0, 0.05) is 15.7 Å². The maximum atomic E-state index is 12.6. The van der Waals surface area contributed by atoms with Gasteiger partial charge < -0.3 is 10.1 Å². The molecule has 0 fully saturated rings. The Morgan fingerprint density at radius 1 is 1.12 bits per heavy atom. The Morgan fingerprint density at radius 2 is 1.78 bits per heavy atom. The minimum absolute atomic E-state index is 0.0435. The van der Waals surface area contributed by atoms with Gasteiger partial charge in [-0.15, -0.1) is 0 Å². The molecule has 0 unspecified atom stereocenters. The average Bonchev–Trinajstić information content (AvgIpc) is 2.76. The van der Waals surface area contributed by atoms with Crippen LogP contribution in [0, 0.1) is 18.3 Å². The summed E-state index contributed by atoms with van der Waals surface area (Å²) in [7, 11) is 0. The zero-order chi connectivity index (χ0) is 23.3. The molecule has 1 amide bonds. The quantitative estimate of drug-likeness (QED) is 0.233. The van der Waals surface area contributed by atoms with Crippen LogP contribution < -0.4 is 10.1 Å². The molecule has 0 radical (unpaired) electrons. The van der Waals surface area contributed by atoms with Crippen molar-refractivity contribution < 1.29 is 9.53 Å². The van der Waals surface area contributed by atoms with Crippen LogP contribution in [-0.2, 0) is 11.4 Å². The SMILES string of the molecule is Cc1c(Cl)cccc1NC(=O)/C(C#N)=C\c1cc(Br)c(OCc2ccc(Cl)cc2)c(Br)c1. The molecule has 32 heavy (non-hydrogen) atoms. The Labute approximate surface area is 213 Å². The van der Waals surface area contributed by atoms with Gasteiger partial charge >= 0.3 is 0 Å². The fraction of sp³-hybridized carbons (Fsp3) is 0.0833. The fourth-order valence-corrected chi connectivity index (χ4v) is 4.54. The van der Waals surface area contributed by atoms with Crippen LogP contribution in [0.4, 0.5) is 5.69 Å². The fourth-order valence-electron chi connectivity index (χ4n) is 2.78. The molecule has 0 aliphatic carbocycles. The van der Waals surface area contributed by atoms with Crippen molar-refractivity contribution in [3.05, 3.63) is 95.9 Å². The number of hydrogen-bond acceptors (Lipinski definition) is 3. The van der Waals surface area contributed by atoms with Crippen molar-refractivity contribution in [2.24, 2.45) is 0 Å². The Bertz CT molecular complexity index is 1210. The van der Waals surface area contributed by atoms with Gasteiger partial charge in [-0.2, -0.15) is 5.26 Å². The minimum atomic E-state index is -0.520. The van der Waals surface area contributed by atoms with Gasteiger partial charge in [0.25, 0.3) is 5.91 Å². The van der Waals surface area contributed by atoms with Gasteiger partial charge in [-0.1, -0.05) is 41.4 Å². The summed E-state index contributed by atoms with van der Waals surface area (Å²) in [6.07, 6.45) is 1.51. The summed E-state index contributed by atoms with van der Waals surface area (Å²) in [6, 6.07) is 18.1. The minimum Gasteiger partial charge on any atom is -0.487 e. The normalized spacial score (nSPS) is 11.1. The van der Waals surface area contributed by atoms with Gasteiger partial charge in [0.2, 0.25) is 0 Å². The number of carbonyl (C=O) groups excluding carboxylic acids is 1. The lowest BCUT2D eigenvalue weighted by Crippen LogP contribution is -2.14. The van der Waals surface area contributed by atoms with Crippen molar-refractivity contribution >= 4 is 72.7 Å². The monoisotopic (exact) mass is 592 g/mol. The van der Waals surface area contributed by atoms with Crippen molar-refractivity contribution in [3.63, 3.8) is 0 Å². The molecular formula is C24H16Br2Cl2N2O2. The number of nitriles is 1. The standard InChI is InChI=1S/C24H16Br2Cl2N2O2/c1-14-21(28)3-2-4-22(14)30-24(31)17(12-29)9-16-10-19(25)23(20(26)11-16)32-13-15-5-7-18(27)8-6-15/h2-11H,13H2,1H3,(H,30,31)/b17-9-. The number of rotatable bonds is 6. The second-order valence-electron chi connectivity index (χ2n) is 6.77. The zero-order valence-corrected chi connectivity index (χ0v) is 21.4. The van der Waals surface area contributed by atoms with Crippen LogP contribution in [0.5, 0.6) is 5.75 Å². The molecule has 3 aromatic carbocycles. The van der Waals surface area contributed by atoms with E-state index >= 15 is 0 Å². The number of ether oxygens (including phenoxy) is 1. The van der Waals surface area contributed by atoms with E-state index in [2.05, 4.69) is 37.2 Å². The molecular weight excluding hydrogens is 579 g/mol. The van der Waals surface area contributed by atoms with Crippen LogP contribution in [0.2, 0.25) is 10.0 Å². The van der Waals surface area contributed by atoms with Gasteiger partial charge in [-0.25, -0.2) is 0 Å². The lowest BCUT2D eigenvalue weighted by molar-refractivity contribution is -0.112. The van der Waals surface area contributed by atoms with Crippen molar-refractivity contribution in [1.29, 1.82) is 5.26 Å². The lowest BCUT2D eigenvalue weighted by atomic mass is 10.1. The molecule has 0 aliphatic heterocycles. The Hall–Kier alpha value is -2.30. The van der Waals surface area contributed by atoms with Gasteiger partial charge in [0.15, 0.2) is 0 Å². The van der Waals surface area contributed by atoms with E-state index in [4.69, 9.17) is 27.9 Å². The van der Waals surface area contributed by atoms with Crippen molar-refractivity contribution in [2.75, 3.05) is 5.32 Å². The molecule has 0 saturated heterocycles. The maximum absolute atomic E-state index is 12.6. The van der Waals surface area contributed by atoms with Crippen molar-refractivity contribution in [1.82, 2.24) is 0 Å². The van der Waals surface area contributed by atoms with Crippen LogP contribution in [0.1, 0.15) is 16.7 Å². The highest BCUT2D eigenvalue weighted by Crippen LogP contribution is 2.36. The molecule has 8 heteroatoms. The third-order valence-electron chi connectivity index (χ3n) is 4.51. The average molecular weight is 595 g/mol. The Morgan fingerprint density at radius 3 is 2.41 bits per heavy atom. The summed E-state index contributed by atoms with van der Waals surface area (Å²) in [5, 5.41) is 13.5. The molecule has 4 nitrogen and oxygen atoms in total. The molecule has 0 heterocycles. The molecule has 0 atom stereocenters. The molecule has 0 saturated carbocycles. The molecule has 1 N–H and O–H groups in total. The predicted molar refractivity (Wildman–Crippen MR) is 136 cm³/mol. The van der Waals surface area contributed by atoms with Gasteiger partial charge in [-0.3, -0.25) is 4.79 Å². The van der Waals surface area contributed by atoms with E-state index in [0.29, 0.717) is 42.6 Å². The smallest absolute Gasteiger partial charge is 0.266 e. The van der Waals surface area contributed by atoms with E-state index in [0.717, 1.165) is 11.1 Å². The van der Waals surface area contributed by atoms with Crippen LogP contribution in [0.15, 0.2) is 69.1 Å². The number of anilines is 1. The largest absolute Gasteiger partial charge is 0.487 e. The first-order valence-electron chi connectivity index (χ1n) is 9.33. The van der Waals surface area contributed by atoms with E-state index in [9.17, 15) is 10.1 Å². The van der Waals surface area contributed by atoms with E-state index < -0.39 is 5.91 Å². The van der Waals surface area contributed by atoms with Crippen LogP contribution in [-0.4, -0.2) is 5.91 Å². The molecule has 0 aliphatic rings. The number of nitrogens with one attached hydrogen (secondary N) is 1. The number of nitrogens with zero attached hydrogens (tertiary/aromatic N) is 1. The van der Waals surface area contributed by atoms with E-state index in [1.165, 1.54) is 6.08 Å². The number of amides is 1. The predicted octanol–water partition coefficient (Wildman–Crippen LogP) is 7.95. The second kappa shape index (κ2) is 11.0. The van der Waals surface area contributed by atoms with E-state index in [-0.39, 0.29) is 5.57 Å². The zero-order valence-electron chi connectivity index (χ0n) is 16.8. The first-order chi connectivity index (χ1) is 15.3. The van der Waals surface area contributed by atoms with Gasteiger partial charge in [-0.05, 0) is 97.9 Å². The third-order valence-corrected chi connectivity index (χ3v) is 6.35. The van der Waals surface area contributed by atoms with Crippen LogP contribution in [0.25, 0.3) is 6.08 Å². The van der Waals surface area contributed by atoms with Crippen molar-refractivity contribution in [3.8, 4) is 11.8 Å². The van der Waals surface area contributed by atoms with Gasteiger partial charge in [0.1, 0.15) is 24.0 Å². The first-order valence-corrected chi connectivity index (χ1v) is 11.7. The number of carbonyl (C=O) groups is 1. The Kier molecular flexibility index (Phi) is 8.38. The summed E-state index contributed by atoms with van der Waals surface area (Å²) in [4.78, 5) is 12.6.